The van der Waals surface area contributed by atoms with Gasteiger partial charge in [0.25, 0.3) is 10.0 Å². The maximum absolute atomic E-state index is 13.3. The molecule has 8 heteroatoms. The summed E-state index contributed by atoms with van der Waals surface area (Å²) in [6.45, 7) is 7.87. The van der Waals surface area contributed by atoms with Crippen molar-refractivity contribution in [2.24, 2.45) is 0 Å². The number of nitrogens with one attached hydrogen (secondary N) is 1. The Labute approximate surface area is 181 Å². The van der Waals surface area contributed by atoms with Gasteiger partial charge in [-0.2, -0.15) is 0 Å². The summed E-state index contributed by atoms with van der Waals surface area (Å²) in [7, 11) is -4.06. The van der Waals surface area contributed by atoms with Gasteiger partial charge in [-0.1, -0.05) is 51.4 Å². The maximum atomic E-state index is 13.3. The van der Waals surface area contributed by atoms with E-state index in [0.717, 1.165) is 16.1 Å². The molecule has 1 amide bonds. The van der Waals surface area contributed by atoms with E-state index >= 15 is 0 Å². The van der Waals surface area contributed by atoms with Crippen LogP contribution in [0.4, 0.5) is 5.69 Å². The van der Waals surface area contributed by atoms with Crippen LogP contribution in [0.1, 0.15) is 50.7 Å². The van der Waals surface area contributed by atoms with Crippen LogP contribution < -0.4 is 9.84 Å². The number of hydrogen-bond acceptors (Lipinski definition) is 4. The average molecular weight is 446 g/mol. The second-order valence-electron chi connectivity index (χ2n) is 7.67. The number of halogens is 1. The molecule has 0 saturated carbocycles. The molecule has 30 heavy (non-hydrogen) atoms. The third kappa shape index (κ3) is 4.33. The molecule has 0 bridgehead atoms. The second-order valence-corrected chi connectivity index (χ2v) is 9.73. The highest BCUT2D eigenvalue weighted by Gasteiger charge is 2.26. The van der Waals surface area contributed by atoms with Crippen LogP contribution >= 0.6 is 11.6 Å². The van der Waals surface area contributed by atoms with Gasteiger partial charge in [0, 0.05) is 28.2 Å². The summed E-state index contributed by atoms with van der Waals surface area (Å²) >= 11 is 6.30. The lowest BCUT2D eigenvalue weighted by Gasteiger charge is -2.27. The third-order valence-electron chi connectivity index (χ3n) is 4.87. The molecule has 0 radical (unpaired) electrons. The Morgan fingerprint density at radius 2 is 1.70 bits per heavy atom. The zero-order valence-corrected chi connectivity index (χ0v) is 18.8. The highest BCUT2D eigenvalue weighted by atomic mass is 35.5. The molecule has 1 heterocycles. The number of nitrogens with zero attached hydrogens (tertiary/aromatic N) is 2. The molecule has 3 rings (SSSR count). The molecule has 2 aromatic carbocycles. The minimum atomic E-state index is -4.06. The first-order chi connectivity index (χ1) is 14.2. The van der Waals surface area contributed by atoms with Gasteiger partial charge in [-0.05, 0) is 47.2 Å². The summed E-state index contributed by atoms with van der Waals surface area (Å²) in [5.74, 6) is 0.0403. The Hall–Kier alpha value is -2.48. The summed E-state index contributed by atoms with van der Waals surface area (Å²) in [6.07, 6.45) is 3.61. The zero-order valence-electron chi connectivity index (χ0n) is 17.3. The van der Waals surface area contributed by atoms with Gasteiger partial charge in [0.2, 0.25) is 6.41 Å². The summed E-state index contributed by atoms with van der Waals surface area (Å²) in [5.41, 5.74) is 2.07. The lowest BCUT2D eigenvalue weighted by atomic mass is 9.92. The van der Waals surface area contributed by atoms with Crippen LogP contribution in [-0.4, -0.2) is 19.8 Å². The molecule has 0 unspecified atom stereocenters. The van der Waals surface area contributed by atoms with E-state index in [9.17, 15) is 13.2 Å². The number of aromatic nitrogens is 1. The van der Waals surface area contributed by atoms with Crippen molar-refractivity contribution in [2.75, 3.05) is 5.01 Å². The molecular weight excluding hydrogens is 422 g/mol. The Bertz CT molecular complexity index is 1160. The van der Waals surface area contributed by atoms with Gasteiger partial charge in [0.05, 0.1) is 10.6 Å². The van der Waals surface area contributed by atoms with Crippen molar-refractivity contribution in [2.45, 2.75) is 44.4 Å². The predicted molar refractivity (Wildman–Crippen MR) is 120 cm³/mol. The first-order valence-corrected chi connectivity index (χ1v) is 11.4. The number of benzene rings is 2. The van der Waals surface area contributed by atoms with Crippen molar-refractivity contribution in [3.8, 4) is 0 Å². The van der Waals surface area contributed by atoms with Gasteiger partial charge in [-0.3, -0.25) is 9.78 Å². The van der Waals surface area contributed by atoms with E-state index in [1.54, 1.807) is 36.5 Å². The Morgan fingerprint density at radius 3 is 2.27 bits per heavy atom. The molecule has 0 spiro atoms. The summed E-state index contributed by atoms with van der Waals surface area (Å²) in [6, 6.07) is 10.1. The normalized spacial score (nSPS) is 12.0. The molecular formula is C22H24ClN3O3S. The predicted octanol–water partition coefficient (Wildman–Crippen LogP) is 4.99. The molecule has 6 nitrogen and oxygen atoms in total. The molecule has 1 aromatic heterocycles. The van der Waals surface area contributed by atoms with Gasteiger partial charge < -0.3 is 0 Å². The Kier molecular flexibility index (Phi) is 6.45. The van der Waals surface area contributed by atoms with Crippen LogP contribution in [0.3, 0.4) is 0 Å². The number of hydrazine groups is 1. The van der Waals surface area contributed by atoms with Gasteiger partial charge >= 0.3 is 0 Å². The van der Waals surface area contributed by atoms with Crippen molar-refractivity contribution < 1.29 is 13.2 Å². The van der Waals surface area contributed by atoms with Crippen LogP contribution in [0, 0.1) is 0 Å². The topological polar surface area (TPSA) is 79.4 Å². The van der Waals surface area contributed by atoms with Crippen molar-refractivity contribution in [3.05, 3.63) is 64.9 Å². The summed E-state index contributed by atoms with van der Waals surface area (Å²) in [4.78, 5) is 18.6. The monoisotopic (exact) mass is 445 g/mol. The molecule has 0 fully saturated rings. The van der Waals surface area contributed by atoms with E-state index in [2.05, 4.69) is 9.82 Å². The molecule has 1 N–H and O–H groups in total. The number of rotatable bonds is 7. The van der Waals surface area contributed by atoms with E-state index in [-0.39, 0.29) is 16.7 Å². The van der Waals surface area contributed by atoms with E-state index in [1.807, 2.05) is 27.7 Å². The molecule has 0 aliphatic rings. The van der Waals surface area contributed by atoms with Crippen LogP contribution in [0.5, 0.6) is 0 Å². The smallest absolute Gasteiger partial charge is 0.258 e. The number of fused-ring (bicyclic) bond motifs is 1. The third-order valence-corrected chi connectivity index (χ3v) is 6.46. The minimum absolute atomic E-state index is 0.0202. The summed E-state index contributed by atoms with van der Waals surface area (Å²) in [5, 5.41) is 2.79. The quantitative estimate of drug-likeness (QED) is 0.410. The Morgan fingerprint density at radius 1 is 1.07 bits per heavy atom. The maximum Gasteiger partial charge on any atom is 0.258 e. The number of pyridine rings is 1. The number of amides is 1. The van der Waals surface area contributed by atoms with Crippen molar-refractivity contribution in [1.82, 2.24) is 9.82 Å². The molecule has 3 aromatic rings. The number of hydrogen-bond donors (Lipinski definition) is 1. The van der Waals surface area contributed by atoms with E-state index in [0.29, 0.717) is 27.9 Å². The lowest BCUT2D eigenvalue weighted by molar-refractivity contribution is -0.107. The van der Waals surface area contributed by atoms with Crippen molar-refractivity contribution in [3.63, 3.8) is 0 Å². The van der Waals surface area contributed by atoms with Crippen LogP contribution in [0.15, 0.2) is 53.7 Å². The molecule has 0 aliphatic heterocycles. The number of carbonyl (C=O) groups excluding carboxylic acids is 1. The van der Waals surface area contributed by atoms with Crippen LogP contribution in [0.2, 0.25) is 5.02 Å². The van der Waals surface area contributed by atoms with Gasteiger partial charge in [-0.15, -0.1) is 4.83 Å². The molecule has 0 aliphatic carbocycles. The van der Waals surface area contributed by atoms with E-state index in [4.69, 9.17) is 11.6 Å². The minimum Gasteiger partial charge on any atom is -0.277 e. The van der Waals surface area contributed by atoms with Crippen molar-refractivity contribution >= 4 is 44.5 Å². The first-order valence-electron chi connectivity index (χ1n) is 9.58. The average Bonchev–Trinajstić information content (AvgIpc) is 2.71. The molecule has 0 atom stereocenters. The van der Waals surface area contributed by atoms with Crippen molar-refractivity contribution in [1.29, 1.82) is 0 Å². The van der Waals surface area contributed by atoms with Crippen LogP contribution in [0.25, 0.3) is 10.8 Å². The Balaban J connectivity index is 2.15. The van der Waals surface area contributed by atoms with Crippen LogP contribution in [-0.2, 0) is 14.8 Å². The fourth-order valence-electron chi connectivity index (χ4n) is 3.43. The van der Waals surface area contributed by atoms with E-state index in [1.165, 1.54) is 12.3 Å². The largest absolute Gasteiger partial charge is 0.277 e. The zero-order chi connectivity index (χ0) is 22.1. The van der Waals surface area contributed by atoms with Gasteiger partial charge in [0.15, 0.2) is 0 Å². The lowest BCUT2D eigenvalue weighted by Crippen LogP contribution is -2.42. The second kappa shape index (κ2) is 8.71. The molecule has 0 saturated heterocycles. The van der Waals surface area contributed by atoms with Gasteiger partial charge in [-0.25, -0.2) is 13.4 Å². The number of anilines is 1. The molecule has 158 valence electrons. The highest BCUT2D eigenvalue weighted by Crippen LogP contribution is 2.37. The fraction of sp³-hybridized carbons (Fsp3) is 0.273. The number of carbonyl (C=O) groups is 1. The van der Waals surface area contributed by atoms with E-state index < -0.39 is 10.0 Å². The highest BCUT2D eigenvalue weighted by molar-refractivity contribution is 7.89. The fourth-order valence-corrected chi connectivity index (χ4v) is 4.89. The standard InChI is InChI=1S/C22H24ClN3O3S/c1-14(2)19-10-17(23)11-20(15(3)4)22(19)26(13-27)25-30(28,29)21-7-5-6-16-12-24-9-8-18(16)21/h5-15,25H,1-4H3. The number of sulfonamides is 1. The first kappa shape index (κ1) is 22.2. The van der Waals surface area contributed by atoms with Gasteiger partial charge in [0.1, 0.15) is 0 Å². The summed E-state index contributed by atoms with van der Waals surface area (Å²) < 4.78 is 26.5. The SMILES string of the molecule is CC(C)c1cc(Cl)cc(C(C)C)c1N(C=O)NS(=O)(=O)c1cccc2cnccc12.